The molecule has 1 saturated heterocycles. The molecule has 3 atom stereocenters. The fourth-order valence-electron chi connectivity index (χ4n) is 3.29. The zero-order valence-corrected chi connectivity index (χ0v) is 14.1. The van der Waals surface area contributed by atoms with Gasteiger partial charge in [-0.3, -0.25) is 4.79 Å². The number of aromatic nitrogens is 2. The lowest BCUT2D eigenvalue weighted by molar-refractivity contribution is -0.136. The fourth-order valence-corrected chi connectivity index (χ4v) is 3.29. The molecule has 0 bridgehead atoms. The quantitative estimate of drug-likeness (QED) is 0.894. The fraction of sp³-hybridized carbons (Fsp3) is 0.765. The number of nitrogens with zero attached hydrogens (tertiary/aromatic N) is 2. The van der Waals surface area contributed by atoms with E-state index in [1.54, 1.807) is 0 Å². The molecule has 0 unspecified atom stereocenters. The molecule has 1 aromatic heterocycles. The number of imidazole rings is 1. The first kappa shape index (κ1) is 16.5. The molecule has 1 fully saturated rings. The van der Waals surface area contributed by atoms with Crippen LogP contribution in [0.4, 0.5) is 0 Å². The lowest BCUT2D eigenvalue weighted by atomic mass is 10.1. The predicted molar refractivity (Wildman–Crippen MR) is 86.2 cm³/mol. The number of aryl methyl sites for hydroxylation is 2. The molecule has 23 heavy (non-hydrogen) atoms. The monoisotopic (exact) mass is 321 g/mol. The zero-order valence-electron chi connectivity index (χ0n) is 14.1. The van der Waals surface area contributed by atoms with Crippen molar-refractivity contribution in [3.8, 4) is 0 Å². The second kappa shape index (κ2) is 7.45. The van der Waals surface area contributed by atoms with Gasteiger partial charge in [-0.25, -0.2) is 4.98 Å². The number of amides is 1. The molecule has 1 N–H and O–H groups in total. The summed E-state index contributed by atoms with van der Waals surface area (Å²) in [5.41, 5.74) is 1.04. The maximum absolute atomic E-state index is 12.3. The molecule has 0 spiro atoms. The molecule has 6 nitrogen and oxygen atoms in total. The van der Waals surface area contributed by atoms with Crippen LogP contribution in [0.2, 0.25) is 0 Å². The van der Waals surface area contributed by atoms with Crippen LogP contribution < -0.4 is 5.32 Å². The number of ether oxygens (including phenoxy) is 2. The summed E-state index contributed by atoms with van der Waals surface area (Å²) in [6.45, 7) is 5.92. The van der Waals surface area contributed by atoms with Crippen LogP contribution >= 0.6 is 0 Å². The van der Waals surface area contributed by atoms with Crippen molar-refractivity contribution in [2.24, 2.45) is 0 Å². The van der Waals surface area contributed by atoms with Gasteiger partial charge in [-0.1, -0.05) is 0 Å². The van der Waals surface area contributed by atoms with Crippen molar-refractivity contribution in [1.82, 2.24) is 14.9 Å². The Kier molecular flexibility index (Phi) is 5.33. The van der Waals surface area contributed by atoms with E-state index in [1.807, 2.05) is 20.0 Å². The van der Waals surface area contributed by atoms with E-state index in [0.717, 1.165) is 50.4 Å². The van der Waals surface area contributed by atoms with E-state index in [-0.39, 0.29) is 18.1 Å². The highest BCUT2D eigenvalue weighted by Gasteiger charge is 2.24. The van der Waals surface area contributed by atoms with E-state index in [1.165, 1.54) is 6.42 Å². The smallest absolute Gasteiger partial charge is 0.249 e. The second-order valence-corrected chi connectivity index (χ2v) is 6.66. The summed E-state index contributed by atoms with van der Waals surface area (Å²) in [6, 6.07) is 0.153. The van der Waals surface area contributed by atoms with Gasteiger partial charge in [-0.2, -0.15) is 0 Å². The van der Waals surface area contributed by atoms with Crippen LogP contribution in [0.25, 0.3) is 0 Å². The van der Waals surface area contributed by atoms with Crippen molar-refractivity contribution in [1.29, 1.82) is 0 Å². The Morgan fingerprint density at radius 1 is 1.52 bits per heavy atom. The Balaban J connectivity index is 1.43. The number of rotatable bonds is 5. The summed E-state index contributed by atoms with van der Waals surface area (Å²) in [5, 5.41) is 3.10. The SMILES string of the molecule is Cc1cn2c(n1)CC[C@H](NC(=O)[C@H](C)OC[C@H]1CCCCO1)C2. The molecule has 6 heteroatoms. The molecular formula is C17H27N3O3. The lowest BCUT2D eigenvalue weighted by Crippen LogP contribution is -2.45. The number of hydrogen-bond donors (Lipinski definition) is 1. The second-order valence-electron chi connectivity index (χ2n) is 6.66. The van der Waals surface area contributed by atoms with Gasteiger partial charge in [0.05, 0.1) is 18.4 Å². The molecule has 3 heterocycles. The Morgan fingerprint density at radius 2 is 2.39 bits per heavy atom. The maximum Gasteiger partial charge on any atom is 0.249 e. The number of fused-ring (bicyclic) bond motifs is 1. The Labute approximate surface area is 137 Å². The molecule has 128 valence electrons. The average Bonchev–Trinajstić information content (AvgIpc) is 2.92. The van der Waals surface area contributed by atoms with Crippen LogP contribution in [-0.2, 0) is 27.2 Å². The molecule has 0 saturated carbocycles. The number of carbonyl (C=O) groups is 1. The zero-order chi connectivity index (χ0) is 16.2. The van der Waals surface area contributed by atoms with Crippen molar-refractivity contribution >= 4 is 5.91 Å². The topological polar surface area (TPSA) is 65.4 Å². The highest BCUT2D eigenvalue weighted by molar-refractivity contribution is 5.80. The Bertz CT molecular complexity index is 537. The van der Waals surface area contributed by atoms with E-state index >= 15 is 0 Å². The van der Waals surface area contributed by atoms with Gasteiger partial charge in [0, 0.05) is 31.8 Å². The molecular weight excluding hydrogens is 294 g/mol. The minimum absolute atomic E-state index is 0.0360. The van der Waals surface area contributed by atoms with Crippen molar-refractivity contribution < 1.29 is 14.3 Å². The predicted octanol–water partition coefficient (Wildman–Crippen LogP) is 1.60. The van der Waals surface area contributed by atoms with Crippen molar-refractivity contribution in [3.05, 3.63) is 17.7 Å². The molecule has 3 rings (SSSR count). The van der Waals surface area contributed by atoms with E-state index in [4.69, 9.17) is 9.47 Å². The van der Waals surface area contributed by atoms with Crippen LogP contribution in [0.5, 0.6) is 0 Å². The molecule has 0 aliphatic carbocycles. The highest BCUT2D eigenvalue weighted by Crippen LogP contribution is 2.16. The first-order valence-corrected chi connectivity index (χ1v) is 8.68. The summed E-state index contributed by atoms with van der Waals surface area (Å²) in [5.74, 6) is 1.08. The molecule has 1 aromatic rings. The van der Waals surface area contributed by atoms with Gasteiger partial charge in [0.1, 0.15) is 11.9 Å². The van der Waals surface area contributed by atoms with Gasteiger partial charge in [0.15, 0.2) is 0 Å². The van der Waals surface area contributed by atoms with Crippen molar-refractivity contribution in [3.63, 3.8) is 0 Å². The third-order valence-electron chi connectivity index (χ3n) is 4.63. The van der Waals surface area contributed by atoms with E-state index in [0.29, 0.717) is 6.61 Å². The third kappa shape index (κ3) is 4.32. The van der Waals surface area contributed by atoms with E-state index < -0.39 is 6.10 Å². The van der Waals surface area contributed by atoms with E-state index in [9.17, 15) is 4.79 Å². The molecule has 2 aliphatic rings. The first-order valence-electron chi connectivity index (χ1n) is 8.68. The Morgan fingerprint density at radius 3 is 3.17 bits per heavy atom. The molecule has 2 aliphatic heterocycles. The normalized spacial score (nSPS) is 25.7. The van der Waals surface area contributed by atoms with Gasteiger partial charge in [-0.05, 0) is 39.5 Å². The minimum Gasteiger partial charge on any atom is -0.376 e. The minimum atomic E-state index is -0.438. The maximum atomic E-state index is 12.3. The first-order chi connectivity index (χ1) is 11.1. The summed E-state index contributed by atoms with van der Waals surface area (Å²) in [4.78, 5) is 16.8. The number of hydrogen-bond acceptors (Lipinski definition) is 4. The standard InChI is InChI=1S/C17H27N3O3/c1-12-9-20-10-14(6-7-16(20)18-12)19-17(21)13(2)23-11-15-5-3-4-8-22-15/h9,13-15H,3-8,10-11H2,1-2H3,(H,19,21)/t13-,14-,15+/m0/s1. The van der Waals surface area contributed by atoms with Crippen LogP contribution in [0.3, 0.4) is 0 Å². The van der Waals surface area contributed by atoms with Gasteiger partial charge in [-0.15, -0.1) is 0 Å². The number of carbonyl (C=O) groups excluding carboxylic acids is 1. The summed E-state index contributed by atoms with van der Waals surface area (Å²) in [7, 11) is 0. The van der Waals surface area contributed by atoms with Crippen LogP contribution in [0.1, 0.15) is 44.1 Å². The van der Waals surface area contributed by atoms with Crippen molar-refractivity contribution in [2.45, 2.75) is 70.7 Å². The molecule has 0 radical (unpaired) electrons. The van der Waals surface area contributed by atoms with Crippen LogP contribution in [-0.4, -0.2) is 46.9 Å². The summed E-state index contributed by atoms with van der Waals surface area (Å²) < 4.78 is 13.5. The summed E-state index contributed by atoms with van der Waals surface area (Å²) in [6.07, 6.45) is 6.93. The van der Waals surface area contributed by atoms with Gasteiger partial charge < -0.3 is 19.4 Å². The third-order valence-corrected chi connectivity index (χ3v) is 4.63. The Hall–Kier alpha value is -1.40. The molecule has 0 aromatic carbocycles. The summed E-state index contributed by atoms with van der Waals surface area (Å²) >= 11 is 0. The van der Waals surface area contributed by atoms with Gasteiger partial charge in [0.25, 0.3) is 0 Å². The van der Waals surface area contributed by atoms with Gasteiger partial charge >= 0.3 is 0 Å². The van der Waals surface area contributed by atoms with Crippen LogP contribution in [0, 0.1) is 6.92 Å². The average molecular weight is 321 g/mol. The van der Waals surface area contributed by atoms with Crippen molar-refractivity contribution in [2.75, 3.05) is 13.2 Å². The molecule has 1 amide bonds. The van der Waals surface area contributed by atoms with Gasteiger partial charge in [0.2, 0.25) is 5.91 Å². The largest absolute Gasteiger partial charge is 0.376 e. The van der Waals surface area contributed by atoms with Crippen LogP contribution in [0.15, 0.2) is 6.20 Å². The number of nitrogens with one attached hydrogen (secondary N) is 1. The highest BCUT2D eigenvalue weighted by atomic mass is 16.5. The van der Waals surface area contributed by atoms with E-state index in [2.05, 4.69) is 14.9 Å². The lowest BCUT2D eigenvalue weighted by Gasteiger charge is -2.27.